The molecule has 3 heterocycles. The maximum absolute atomic E-state index is 12.2. The average molecular weight is 257 g/mol. The fraction of sp³-hybridized carbons (Fsp3) is 0.385. The third kappa shape index (κ3) is 2.47. The molecule has 3 rings (SSSR count). The molecule has 2 aromatic heterocycles. The number of nitrogens with zero attached hydrogens (tertiary/aromatic N) is 5. The number of carbonyl (C=O) groups is 1. The van der Waals surface area contributed by atoms with Crippen molar-refractivity contribution in [1.29, 1.82) is 0 Å². The number of piperidine rings is 1. The van der Waals surface area contributed by atoms with Crippen molar-refractivity contribution in [2.24, 2.45) is 0 Å². The number of aromatic nitrogens is 4. The van der Waals surface area contributed by atoms with Crippen molar-refractivity contribution in [2.45, 2.75) is 19.3 Å². The molecule has 0 atom stereocenters. The minimum atomic E-state index is -0.0237. The van der Waals surface area contributed by atoms with E-state index in [1.54, 1.807) is 35.4 Å². The van der Waals surface area contributed by atoms with E-state index in [0.717, 1.165) is 25.9 Å². The van der Waals surface area contributed by atoms with Crippen LogP contribution < -0.4 is 0 Å². The van der Waals surface area contributed by atoms with Gasteiger partial charge < -0.3 is 4.90 Å². The van der Waals surface area contributed by atoms with Gasteiger partial charge in [0.1, 0.15) is 6.33 Å². The van der Waals surface area contributed by atoms with Crippen molar-refractivity contribution in [3.8, 4) is 5.82 Å². The molecule has 1 aliphatic heterocycles. The standard InChI is InChI=1S/C13H15N5O/c19-13(17-7-2-1-3-8-17)11-4-5-12(16-15-11)18-9-6-14-10-18/h4-6,9-10H,1-3,7-8H2. The lowest BCUT2D eigenvalue weighted by atomic mass is 10.1. The lowest BCUT2D eigenvalue weighted by Crippen LogP contribution is -2.36. The molecule has 98 valence electrons. The highest BCUT2D eigenvalue weighted by atomic mass is 16.2. The van der Waals surface area contributed by atoms with Crippen LogP contribution in [0.25, 0.3) is 5.82 Å². The molecule has 2 aromatic rings. The molecule has 1 aliphatic rings. The molecule has 0 aliphatic carbocycles. The van der Waals surface area contributed by atoms with Crippen LogP contribution in [0.1, 0.15) is 29.8 Å². The van der Waals surface area contributed by atoms with Gasteiger partial charge in [-0.05, 0) is 31.4 Å². The Hall–Kier alpha value is -2.24. The first-order chi connectivity index (χ1) is 9.34. The van der Waals surface area contributed by atoms with Gasteiger partial charge in [-0.15, -0.1) is 10.2 Å². The predicted octanol–water partition coefficient (Wildman–Crippen LogP) is 1.29. The molecule has 1 fully saturated rings. The minimum Gasteiger partial charge on any atom is -0.337 e. The molecule has 19 heavy (non-hydrogen) atoms. The summed E-state index contributed by atoms with van der Waals surface area (Å²) in [4.78, 5) is 18.0. The molecule has 0 saturated carbocycles. The summed E-state index contributed by atoms with van der Waals surface area (Å²) in [6, 6.07) is 3.51. The zero-order valence-corrected chi connectivity index (χ0v) is 10.6. The molecular formula is C13H15N5O. The Balaban J connectivity index is 1.76. The van der Waals surface area contributed by atoms with Gasteiger partial charge in [-0.1, -0.05) is 0 Å². The highest BCUT2D eigenvalue weighted by Gasteiger charge is 2.19. The predicted molar refractivity (Wildman–Crippen MR) is 68.9 cm³/mol. The van der Waals surface area contributed by atoms with Crippen molar-refractivity contribution in [3.63, 3.8) is 0 Å². The zero-order valence-electron chi connectivity index (χ0n) is 10.6. The molecule has 6 heteroatoms. The Labute approximate surface area is 111 Å². The minimum absolute atomic E-state index is 0.0237. The van der Waals surface area contributed by atoms with Gasteiger partial charge in [-0.3, -0.25) is 9.36 Å². The van der Waals surface area contributed by atoms with E-state index in [1.807, 2.05) is 4.90 Å². The lowest BCUT2D eigenvalue weighted by molar-refractivity contribution is 0.0717. The Kier molecular flexibility index (Phi) is 3.22. The summed E-state index contributed by atoms with van der Waals surface area (Å²) in [5.41, 5.74) is 0.408. The third-order valence-corrected chi connectivity index (χ3v) is 3.28. The van der Waals surface area contributed by atoms with E-state index >= 15 is 0 Å². The van der Waals surface area contributed by atoms with Gasteiger partial charge in [-0.2, -0.15) is 0 Å². The fourth-order valence-electron chi connectivity index (χ4n) is 2.23. The Bertz CT molecular complexity index is 543. The second-order valence-corrected chi connectivity index (χ2v) is 4.60. The van der Waals surface area contributed by atoms with Crippen LogP contribution in [0.5, 0.6) is 0 Å². The SMILES string of the molecule is O=C(c1ccc(-n2ccnc2)nn1)N1CCCCC1. The van der Waals surface area contributed by atoms with E-state index in [-0.39, 0.29) is 5.91 Å². The van der Waals surface area contributed by atoms with Crippen LogP contribution >= 0.6 is 0 Å². The maximum atomic E-state index is 12.2. The summed E-state index contributed by atoms with van der Waals surface area (Å²) in [7, 11) is 0. The van der Waals surface area contributed by atoms with Crippen LogP contribution in [0, 0.1) is 0 Å². The quantitative estimate of drug-likeness (QED) is 0.813. The van der Waals surface area contributed by atoms with E-state index < -0.39 is 0 Å². The number of hydrogen-bond donors (Lipinski definition) is 0. The van der Waals surface area contributed by atoms with Crippen molar-refractivity contribution < 1.29 is 4.79 Å². The Morgan fingerprint density at radius 2 is 1.95 bits per heavy atom. The van der Waals surface area contributed by atoms with E-state index in [9.17, 15) is 4.79 Å². The maximum Gasteiger partial charge on any atom is 0.274 e. The summed E-state index contributed by atoms with van der Waals surface area (Å²) in [6.45, 7) is 1.65. The summed E-state index contributed by atoms with van der Waals surface area (Å²) >= 11 is 0. The van der Waals surface area contributed by atoms with Crippen molar-refractivity contribution in [1.82, 2.24) is 24.6 Å². The topological polar surface area (TPSA) is 63.9 Å². The second-order valence-electron chi connectivity index (χ2n) is 4.60. The summed E-state index contributed by atoms with van der Waals surface area (Å²) < 4.78 is 1.75. The van der Waals surface area contributed by atoms with Crippen LogP contribution in [0.4, 0.5) is 0 Å². The monoisotopic (exact) mass is 257 g/mol. The molecule has 0 bridgehead atoms. The van der Waals surface area contributed by atoms with Crippen LogP contribution in [0.15, 0.2) is 30.9 Å². The molecule has 1 saturated heterocycles. The van der Waals surface area contributed by atoms with E-state index in [0.29, 0.717) is 11.5 Å². The number of hydrogen-bond acceptors (Lipinski definition) is 4. The van der Waals surface area contributed by atoms with Gasteiger partial charge >= 0.3 is 0 Å². The summed E-state index contributed by atoms with van der Waals surface area (Å²) in [6.07, 6.45) is 8.47. The van der Waals surface area contributed by atoms with Crippen LogP contribution in [0.2, 0.25) is 0 Å². The van der Waals surface area contributed by atoms with E-state index in [4.69, 9.17) is 0 Å². The summed E-state index contributed by atoms with van der Waals surface area (Å²) in [5.74, 6) is 0.636. The number of imidazole rings is 1. The molecule has 0 N–H and O–H groups in total. The molecular weight excluding hydrogens is 242 g/mol. The Morgan fingerprint density at radius 3 is 2.58 bits per heavy atom. The Morgan fingerprint density at radius 1 is 1.11 bits per heavy atom. The first-order valence-corrected chi connectivity index (χ1v) is 6.46. The molecule has 6 nitrogen and oxygen atoms in total. The normalized spacial score (nSPS) is 15.5. The molecule has 0 unspecified atom stereocenters. The van der Waals surface area contributed by atoms with Crippen molar-refractivity contribution in [3.05, 3.63) is 36.5 Å². The van der Waals surface area contributed by atoms with Gasteiger partial charge in [0.25, 0.3) is 5.91 Å². The van der Waals surface area contributed by atoms with Crippen molar-refractivity contribution in [2.75, 3.05) is 13.1 Å². The van der Waals surface area contributed by atoms with Crippen LogP contribution in [-0.2, 0) is 0 Å². The largest absolute Gasteiger partial charge is 0.337 e. The number of carbonyl (C=O) groups excluding carboxylic acids is 1. The average Bonchev–Trinajstić information content (AvgIpc) is 3.02. The van der Waals surface area contributed by atoms with E-state index in [2.05, 4.69) is 15.2 Å². The van der Waals surface area contributed by atoms with E-state index in [1.165, 1.54) is 6.42 Å². The number of likely N-dealkylation sites (tertiary alicyclic amines) is 1. The van der Waals surface area contributed by atoms with Gasteiger partial charge in [0.15, 0.2) is 11.5 Å². The number of amides is 1. The van der Waals surface area contributed by atoms with Crippen molar-refractivity contribution >= 4 is 5.91 Å². The van der Waals surface area contributed by atoms with Crippen LogP contribution in [0.3, 0.4) is 0 Å². The molecule has 0 radical (unpaired) electrons. The molecule has 0 spiro atoms. The zero-order chi connectivity index (χ0) is 13.1. The van der Waals surface area contributed by atoms with Gasteiger partial charge in [-0.25, -0.2) is 4.98 Å². The van der Waals surface area contributed by atoms with Crippen LogP contribution in [-0.4, -0.2) is 43.6 Å². The first-order valence-electron chi connectivity index (χ1n) is 6.46. The van der Waals surface area contributed by atoms with Gasteiger partial charge in [0.05, 0.1) is 0 Å². The second kappa shape index (κ2) is 5.17. The smallest absolute Gasteiger partial charge is 0.274 e. The highest BCUT2D eigenvalue weighted by Crippen LogP contribution is 2.12. The molecule has 1 amide bonds. The van der Waals surface area contributed by atoms with Gasteiger partial charge in [0.2, 0.25) is 0 Å². The first kappa shape index (κ1) is 11.8. The number of rotatable bonds is 2. The fourth-order valence-corrected chi connectivity index (χ4v) is 2.23. The molecule has 0 aromatic carbocycles. The highest BCUT2D eigenvalue weighted by molar-refractivity contribution is 5.92. The third-order valence-electron chi connectivity index (χ3n) is 3.28. The van der Waals surface area contributed by atoms with Gasteiger partial charge in [0, 0.05) is 25.5 Å². The summed E-state index contributed by atoms with van der Waals surface area (Å²) in [5, 5.41) is 8.08. The lowest BCUT2D eigenvalue weighted by Gasteiger charge is -2.26.